The molecule has 0 saturated heterocycles. The predicted octanol–water partition coefficient (Wildman–Crippen LogP) is 2.90. The summed E-state index contributed by atoms with van der Waals surface area (Å²) in [5.41, 5.74) is 5.90. The Labute approximate surface area is 153 Å². The predicted molar refractivity (Wildman–Crippen MR) is 103 cm³/mol. The van der Waals surface area contributed by atoms with E-state index in [0.717, 1.165) is 17.7 Å². The lowest BCUT2D eigenvalue weighted by Crippen LogP contribution is -2.41. The summed E-state index contributed by atoms with van der Waals surface area (Å²) in [6.07, 6.45) is 6.09. The van der Waals surface area contributed by atoms with Crippen LogP contribution in [-0.4, -0.2) is 26.2 Å². The normalized spacial score (nSPS) is 17.0. The molecule has 0 unspecified atom stereocenters. The van der Waals surface area contributed by atoms with E-state index >= 15 is 0 Å². The maximum atomic E-state index is 11.8. The van der Waals surface area contributed by atoms with Crippen LogP contribution in [0.5, 0.6) is 0 Å². The minimum absolute atomic E-state index is 0. The number of aliphatic imine (C=N–C) groups is 1. The van der Waals surface area contributed by atoms with E-state index in [1.54, 1.807) is 13.0 Å². The first-order valence-electron chi connectivity index (χ1n) is 7.39. The molecule has 0 atom stereocenters. The molecule has 3 N–H and O–H groups in total. The summed E-state index contributed by atoms with van der Waals surface area (Å²) in [6.45, 7) is 2.08. The van der Waals surface area contributed by atoms with Gasteiger partial charge < -0.3 is 11.1 Å². The Morgan fingerprint density at radius 2 is 2.05 bits per heavy atom. The van der Waals surface area contributed by atoms with Gasteiger partial charge in [0, 0.05) is 10.9 Å². The van der Waals surface area contributed by atoms with Crippen LogP contribution in [0.3, 0.4) is 0 Å². The molecular formula is C14H24IN3O2S2. The number of thiophene rings is 1. The largest absolute Gasteiger partial charge is 0.370 e. The first-order chi connectivity index (χ1) is 10.0. The zero-order valence-electron chi connectivity index (χ0n) is 12.7. The first-order valence-corrected chi connectivity index (χ1v) is 9.86. The topological polar surface area (TPSA) is 84.5 Å². The number of hydrogen-bond acceptors (Lipinski definition) is 4. The first kappa shape index (κ1) is 19.7. The fourth-order valence-corrected chi connectivity index (χ4v) is 4.82. The van der Waals surface area contributed by atoms with Crippen molar-refractivity contribution in [1.29, 1.82) is 0 Å². The van der Waals surface area contributed by atoms with Crippen molar-refractivity contribution in [3.8, 4) is 0 Å². The number of nitrogens with zero attached hydrogens (tertiary/aromatic N) is 1. The van der Waals surface area contributed by atoms with Gasteiger partial charge in [-0.25, -0.2) is 13.4 Å². The molecule has 1 fully saturated rings. The van der Waals surface area contributed by atoms with Gasteiger partial charge in [-0.3, -0.25) is 0 Å². The van der Waals surface area contributed by atoms with E-state index < -0.39 is 9.84 Å². The van der Waals surface area contributed by atoms with Crippen LogP contribution in [0.1, 0.15) is 43.9 Å². The van der Waals surface area contributed by atoms with Crippen LogP contribution in [0.15, 0.2) is 21.3 Å². The van der Waals surface area contributed by atoms with Gasteiger partial charge in [0.2, 0.25) is 0 Å². The molecule has 2 rings (SSSR count). The van der Waals surface area contributed by atoms with Crippen LogP contribution in [0, 0.1) is 0 Å². The van der Waals surface area contributed by atoms with Crippen molar-refractivity contribution < 1.29 is 8.42 Å². The van der Waals surface area contributed by atoms with E-state index in [4.69, 9.17) is 5.73 Å². The van der Waals surface area contributed by atoms with Gasteiger partial charge >= 0.3 is 0 Å². The third-order valence-corrected chi connectivity index (χ3v) is 7.07. The van der Waals surface area contributed by atoms with Crippen LogP contribution in [-0.2, 0) is 16.4 Å². The van der Waals surface area contributed by atoms with Crippen molar-refractivity contribution in [2.45, 2.75) is 55.8 Å². The fourth-order valence-electron chi connectivity index (χ4n) is 2.42. The molecule has 22 heavy (non-hydrogen) atoms. The molecule has 0 bridgehead atoms. The number of halogens is 1. The second-order valence-electron chi connectivity index (χ2n) is 5.30. The Bertz CT molecular complexity index is 593. The summed E-state index contributed by atoms with van der Waals surface area (Å²) in [5, 5.41) is 3.25. The molecule has 1 aromatic heterocycles. The number of nitrogens with two attached hydrogens (primary N) is 1. The van der Waals surface area contributed by atoms with Crippen molar-refractivity contribution in [3.63, 3.8) is 0 Å². The highest BCUT2D eigenvalue weighted by atomic mass is 127. The summed E-state index contributed by atoms with van der Waals surface area (Å²) in [6, 6.07) is 3.89. The highest BCUT2D eigenvalue weighted by molar-refractivity contribution is 14.0. The summed E-state index contributed by atoms with van der Waals surface area (Å²) >= 11 is 1.27. The van der Waals surface area contributed by atoms with Crippen LogP contribution in [0.25, 0.3) is 0 Å². The molecule has 1 aliphatic carbocycles. The summed E-state index contributed by atoms with van der Waals surface area (Å²) < 4.78 is 23.9. The molecule has 8 heteroatoms. The van der Waals surface area contributed by atoms with Gasteiger partial charge in [-0.15, -0.1) is 35.3 Å². The summed E-state index contributed by atoms with van der Waals surface area (Å²) in [5.74, 6) is 0.580. The van der Waals surface area contributed by atoms with Crippen LogP contribution in [0.2, 0.25) is 0 Å². The van der Waals surface area contributed by atoms with Gasteiger partial charge in [-0.2, -0.15) is 0 Å². The second kappa shape index (κ2) is 9.07. The highest BCUT2D eigenvalue weighted by Gasteiger charge is 2.15. The standard InChI is InChI=1S/C14H23N3O2S2.HI/c1-2-21(18,19)13-9-8-12(20-13)10-16-14(15)17-11-6-4-3-5-7-11;/h8-9,11H,2-7,10H2,1H3,(H3,15,16,17);1H. The van der Waals surface area contributed by atoms with Gasteiger partial charge in [0.1, 0.15) is 4.21 Å². The molecule has 0 aromatic carbocycles. The van der Waals surface area contributed by atoms with E-state index in [1.165, 1.54) is 30.6 Å². The van der Waals surface area contributed by atoms with Crippen molar-refractivity contribution in [2.24, 2.45) is 10.7 Å². The molecule has 0 radical (unpaired) electrons. The number of guanidine groups is 1. The number of rotatable bonds is 5. The number of hydrogen-bond donors (Lipinski definition) is 2. The van der Waals surface area contributed by atoms with Crippen LogP contribution < -0.4 is 11.1 Å². The summed E-state index contributed by atoms with van der Waals surface area (Å²) in [4.78, 5) is 5.22. The van der Waals surface area contributed by atoms with Gasteiger partial charge in [0.15, 0.2) is 15.8 Å². The highest BCUT2D eigenvalue weighted by Crippen LogP contribution is 2.23. The zero-order valence-corrected chi connectivity index (χ0v) is 16.7. The fraction of sp³-hybridized carbons (Fsp3) is 0.643. The monoisotopic (exact) mass is 457 g/mol. The Morgan fingerprint density at radius 3 is 2.68 bits per heavy atom. The maximum absolute atomic E-state index is 11.8. The Kier molecular flexibility index (Phi) is 8.12. The van der Waals surface area contributed by atoms with Gasteiger partial charge in [-0.05, 0) is 25.0 Å². The average Bonchev–Trinajstić information content (AvgIpc) is 2.96. The number of sulfone groups is 1. The van der Waals surface area contributed by atoms with Crippen molar-refractivity contribution in [3.05, 3.63) is 17.0 Å². The van der Waals surface area contributed by atoms with Gasteiger partial charge in [0.05, 0.1) is 12.3 Å². The molecule has 5 nitrogen and oxygen atoms in total. The van der Waals surface area contributed by atoms with Crippen molar-refractivity contribution in [1.82, 2.24) is 5.32 Å². The third kappa shape index (κ3) is 5.69. The quantitative estimate of drug-likeness (QED) is 0.405. The van der Waals surface area contributed by atoms with E-state index in [0.29, 0.717) is 22.8 Å². The van der Waals surface area contributed by atoms with E-state index in [1.807, 2.05) is 6.07 Å². The third-order valence-electron chi connectivity index (χ3n) is 3.69. The zero-order chi connectivity index (χ0) is 15.3. The van der Waals surface area contributed by atoms with E-state index in [2.05, 4.69) is 10.3 Å². The average molecular weight is 457 g/mol. The molecule has 0 spiro atoms. The molecule has 1 saturated carbocycles. The number of nitrogens with one attached hydrogen (secondary N) is 1. The molecule has 1 aliphatic rings. The summed E-state index contributed by atoms with van der Waals surface area (Å²) in [7, 11) is -3.12. The Hall–Kier alpha value is -0.350. The lowest BCUT2D eigenvalue weighted by atomic mass is 9.96. The van der Waals surface area contributed by atoms with Crippen molar-refractivity contribution >= 4 is 51.1 Å². The van der Waals surface area contributed by atoms with Gasteiger partial charge in [0.25, 0.3) is 0 Å². The Balaban J connectivity index is 0.00000242. The lowest BCUT2D eigenvalue weighted by Gasteiger charge is -2.23. The molecule has 0 amide bonds. The maximum Gasteiger partial charge on any atom is 0.189 e. The minimum Gasteiger partial charge on any atom is -0.370 e. The second-order valence-corrected chi connectivity index (χ2v) is 8.98. The van der Waals surface area contributed by atoms with Crippen molar-refractivity contribution in [2.75, 3.05) is 5.75 Å². The van der Waals surface area contributed by atoms with E-state index in [9.17, 15) is 8.42 Å². The Morgan fingerprint density at radius 1 is 1.36 bits per heavy atom. The SMILES string of the molecule is CCS(=O)(=O)c1ccc(CN=C(N)NC2CCCCC2)s1.I. The van der Waals surface area contributed by atoms with E-state index in [-0.39, 0.29) is 29.7 Å². The lowest BCUT2D eigenvalue weighted by molar-refractivity contribution is 0.412. The molecule has 1 aromatic rings. The van der Waals surface area contributed by atoms with Crippen LogP contribution >= 0.6 is 35.3 Å². The minimum atomic E-state index is -3.12. The molecule has 0 aliphatic heterocycles. The molecular weight excluding hydrogens is 433 g/mol. The molecule has 1 heterocycles. The smallest absolute Gasteiger partial charge is 0.189 e. The van der Waals surface area contributed by atoms with Gasteiger partial charge in [-0.1, -0.05) is 26.2 Å². The molecule has 126 valence electrons. The van der Waals surface area contributed by atoms with Crippen LogP contribution in [0.4, 0.5) is 0 Å².